The highest BCUT2D eigenvalue weighted by molar-refractivity contribution is 5.98. The van der Waals surface area contributed by atoms with Gasteiger partial charge in [0.2, 0.25) is 11.8 Å². The van der Waals surface area contributed by atoms with Crippen LogP contribution in [0.1, 0.15) is 37.3 Å². The molecule has 2 atom stereocenters. The average Bonchev–Trinajstić information content (AvgIpc) is 2.88. The number of hydrogen-bond acceptors (Lipinski definition) is 6. The van der Waals surface area contributed by atoms with E-state index in [9.17, 15) is 24.3 Å². The van der Waals surface area contributed by atoms with Crippen LogP contribution in [0.2, 0.25) is 0 Å². The third-order valence-electron chi connectivity index (χ3n) is 5.24. The summed E-state index contributed by atoms with van der Waals surface area (Å²) in [5.74, 6) is -1.02. The van der Waals surface area contributed by atoms with Crippen LogP contribution < -0.4 is 27.0 Å². The van der Waals surface area contributed by atoms with Gasteiger partial charge < -0.3 is 36.8 Å². The van der Waals surface area contributed by atoms with Crippen molar-refractivity contribution in [2.24, 2.45) is 5.73 Å². The Bertz CT molecular complexity index is 1000. The van der Waals surface area contributed by atoms with E-state index in [4.69, 9.17) is 10.5 Å². The second kappa shape index (κ2) is 15.0. The lowest BCUT2D eigenvalue weighted by Gasteiger charge is -2.22. The van der Waals surface area contributed by atoms with Crippen molar-refractivity contribution < 1.29 is 29.0 Å². The summed E-state index contributed by atoms with van der Waals surface area (Å²) in [7, 11) is 0. The van der Waals surface area contributed by atoms with E-state index in [0.29, 0.717) is 17.7 Å². The number of carbonyl (C=O) groups excluding carboxylic acids is 4. The van der Waals surface area contributed by atoms with Crippen LogP contribution in [0.5, 0.6) is 0 Å². The monoisotopic (exact) mass is 499 g/mol. The lowest BCUT2D eigenvalue weighted by Crippen LogP contribution is -2.52. The van der Waals surface area contributed by atoms with E-state index in [2.05, 4.69) is 21.3 Å². The van der Waals surface area contributed by atoms with Crippen molar-refractivity contribution in [3.63, 3.8) is 0 Å². The number of amides is 5. The second-order valence-corrected chi connectivity index (χ2v) is 8.01. The van der Waals surface area contributed by atoms with E-state index in [1.165, 1.54) is 0 Å². The minimum Gasteiger partial charge on any atom is -0.445 e. The summed E-state index contributed by atoms with van der Waals surface area (Å²) < 4.78 is 5.18. The highest BCUT2D eigenvalue weighted by Crippen LogP contribution is 2.11. The number of aliphatic hydroxyl groups excluding tert-OH is 1. The molecule has 0 bridgehead atoms. The molecule has 0 saturated carbocycles. The van der Waals surface area contributed by atoms with Crippen LogP contribution in [0.25, 0.3) is 0 Å². The summed E-state index contributed by atoms with van der Waals surface area (Å²) in [6.45, 7) is 1.87. The maximum absolute atomic E-state index is 12.9. The van der Waals surface area contributed by atoms with Crippen LogP contribution >= 0.6 is 0 Å². The first-order valence-electron chi connectivity index (χ1n) is 11.6. The van der Waals surface area contributed by atoms with Gasteiger partial charge in [-0.1, -0.05) is 49.4 Å². The number of nitrogens with one attached hydrogen (secondary N) is 4. The zero-order valence-corrected chi connectivity index (χ0v) is 20.2. The van der Waals surface area contributed by atoms with E-state index >= 15 is 0 Å². The van der Waals surface area contributed by atoms with Crippen LogP contribution in [0.3, 0.4) is 0 Å². The van der Waals surface area contributed by atoms with Gasteiger partial charge in [-0.2, -0.15) is 0 Å². The van der Waals surface area contributed by atoms with Gasteiger partial charge in [-0.15, -0.1) is 0 Å². The van der Waals surface area contributed by atoms with Crippen LogP contribution in [0.4, 0.5) is 15.3 Å². The Morgan fingerprint density at radius 1 is 0.917 bits per heavy atom. The predicted molar refractivity (Wildman–Crippen MR) is 134 cm³/mol. The molecule has 0 unspecified atom stereocenters. The van der Waals surface area contributed by atoms with Crippen molar-refractivity contribution >= 4 is 29.6 Å². The molecule has 0 saturated heterocycles. The minimum absolute atomic E-state index is 0.0533. The number of hydrogen-bond donors (Lipinski definition) is 6. The fraction of sp³-hybridized carbons (Fsp3) is 0.360. The average molecular weight is 500 g/mol. The van der Waals surface area contributed by atoms with E-state index < -0.39 is 36.0 Å². The highest BCUT2D eigenvalue weighted by Gasteiger charge is 2.26. The summed E-state index contributed by atoms with van der Waals surface area (Å²) in [5.41, 5.74) is 7.05. The number of primary amides is 1. The van der Waals surface area contributed by atoms with Crippen molar-refractivity contribution in [1.82, 2.24) is 16.0 Å². The van der Waals surface area contributed by atoms with Crippen LogP contribution in [0, 0.1) is 0 Å². The maximum Gasteiger partial charge on any atom is 0.408 e. The molecule has 0 spiro atoms. The van der Waals surface area contributed by atoms with Crippen LogP contribution in [-0.2, 0) is 27.5 Å². The third-order valence-corrected chi connectivity index (χ3v) is 5.24. The number of ether oxygens (including phenoxy) is 1. The SMILES string of the molecule is CC[C@H](NC(=O)OCc1ccccc1)C(=O)N[C@@H](CCCNC(N)=O)C(=O)Nc1ccc(CO)cc1. The number of aliphatic hydroxyl groups is 1. The molecule has 0 radical (unpaired) electrons. The summed E-state index contributed by atoms with van der Waals surface area (Å²) in [6.07, 6.45) is 0.0960. The van der Waals surface area contributed by atoms with Gasteiger partial charge in [-0.25, -0.2) is 9.59 Å². The molecule has 2 aromatic rings. The van der Waals surface area contributed by atoms with Gasteiger partial charge >= 0.3 is 12.1 Å². The minimum atomic E-state index is -0.944. The zero-order valence-electron chi connectivity index (χ0n) is 20.2. The third kappa shape index (κ3) is 10.0. The van der Waals surface area contributed by atoms with E-state index in [1.54, 1.807) is 31.2 Å². The lowest BCUT2D eigenvalue weighted by atomic mass is 10.1. The number of rotatable bonds is 13. The molecule has 11 nitrogen and oxygen atoms in total. The molecule has 2 aromatic carbocycles. The molecular weight excluding hydrogens is 466 g/mol. The van der Waals surface area contributed by atoms with E-state index in [-0.39, 0.29) is 32.6 Å². The number of carbonyl (C=O) groups is 4. The normalized spacial score (nSPS) is 12.1. The van der Waals surface area contributed by atoms with Crippen molar-refractivity contribution in [1.29, 1.82) is 0 Å². The lowest BCUT2D eigenvalue weighted by molar-refractivity contribution is -0.128. The van der Waals surface area contributed by atoms with Crippen LogP contribution in [-0.4, -0.2) is 47.7 Å². The first-order chi connectivity index (χ1) is 17.3. The Morgan fingerprint density at radius 3 is 2.22 bits per heavy atom. The molecule has 0 heterocycles. The molecular formula is C25H33N5O6. The van der Waals surface area contributed by atoms with Gasteiger partial charge in [0.1, 0.15) is 18.7 Å². The molecule has 0 aliphatic carbocycles. The zero-order chi connectivity index (χ0) is 26.3. The molecule has 0 fully saturated rings. The molecule has 36 heavy (non-hydrogen) atoms. The Hall–Kier alpha value is -4.12. The molecule has 5 amide bonds. The summed E-state index contributed by atoms with van der Waals surface area (Å²) in [5, 5.41) is 19.5. The molecule has 194 valence electrons. The summed E-state index contributed by atoms with van der Waals surface area (Å²) >= 11 is 0. The molecule has 0 aromatic heterocycles. The highest BCUT2D eigenvalue weighted by atomic mass is 16.5. The van der Waals surface area contributed by atoms with E-state index in [1.807, 2.05) is 30.3 Å². The molecule has 11 heteroatoms. The van der Waals surface area contributed by atoms with Gasteiger partial charge in [0.25, 0.3) is 0 Å². The Balaban J connectivity index is 1.98. The largest absolute Gasteiger partial charge is 0.445 e. The van der Waals surface area contributed by atoms with Crippen LogP contribution in [0.15, 0.2) is 54.6 Å². The maximum atomic E-state index is 12.9. The smallest absolute Gasteiger partial charge is 0.408 e. The van der Waals surface area contributed by atoms with Gasteiger partial charge in [0.05, 0.1) is 6.61 Å². The van der Waals surface area contributed by atoms with Gasteiger partial charge in [-0.3, -0.25) is 9.59 Å². The first-order valence-corrected chi connectivity index (χ1v) is 11.6. The number of nitrogens with two attached hydrogens (primary N) is 1. The number of anilines is 1. The quantitative estimate of drug-likeness (QED) is 0.229. The molecule has 0 aliphatic rings. The first kappa shape index (κ1) is 28.1. The predicted octanol–water partition coefficient (Wildman–Crippen LogP) is 1.76. The summed E-state index contributed by atoms with van der Waals surface area (Å²) in [6, 6.07) is 13.2. The molecule has 2 rings (SSSR count). The standard InChI is InChI=1S/C25H33N5O6/c1-2-20(30-25(35)36-16-18-7-4-3-5-8-18)22(32)29-21(9-6-14-27-24(26)34)23(33)28-19-12-10-17(15-31)11-13-19/h3-5,7-8,10-13,20-21,31H,2,6,9,14-16H2,1H3,(H,28,33)(H,29,32)(H,30,35)(H3,26,27,34)/t20-,21-/m0/s1. The topological polar surface area (TPSA) is 172 Å². The second-order valence-electron chi connectivity index (χ2n) is 8.01. The van der Waals surface area contributed by atoms with Gasteiger partial charge in [0, 0.05) is 12.2 Å². The molecule has 7 N–H and O–H groups in total. The Morgan fingerprint density at radius 2 is 1.61 bits per heavy atom. The Labute approximate surface area is 209 Å². The Kier molecular flexibility index (Phi) is 11.7. The van der Waals surface area contributed by atoms with E-state index in [0.717, 1.165) is 5.56 Å². The van der Waals surface area contributed by atoms with Crippen molar-refractivity contribution in [2.75, 3.05) is 11.9 Å². The van der Waals surface area contributed by atoms with Gasteiger partial charge in [0.15, 0.2) is 0 Å². The number of alkyl carbamates (subject to hydrolysis) is 1. The van der Waals surface area contributed by atoms with Crippen molar-refractivity contribution in [3.05, 3.63) is 65.7 Å². The van der Waals surface area contributed by atoms with Crippen molar-refractivity contribution in [2.45, 2.75) is 51.5 Å². The van der Waals surface area contributed by atoms with Crippen molar-refractivity contribution in [3.8, 4) is 0 Å². The van der Waals surface area contributed by atoms with Gasteiger partial charge in [-0.05, 0) is 42.5 Å². The fourth-order valence-electron chi connectivity index (χ4n) is 3.24. The number of urea groups is 1. The number of benzene rings is 2. The fourth-order valence-corrected chi connectivity index (χ4v) is 3.24. The molecule has 0 aliphatic heterocycles. The summed E-state index contributed by atoms with van der Waals surface area (Å²) in [4.78, 5) is 49.0.